The molecule has 0 fully saturated rings. The zero-order chi connectivity index (χ0) is 12.0. The predicted octanol–water partition coefficient (Wildman–Crippen LogP) is 2.43. The van der Waals surface area contributed by atoms with Crippen LogP contribution in [0.15, 0.2) is 36.5 Å². The smallest absolute Gasteiger partial charge is 0.197 e. The first-order valence-corrected chi connectivity index (χ1v) is 6.09. The number of aromatic nitrogens is 1. The highest BCUT2D eigenvalue weighted by Gasteiger charge is 2.48. The van der Waals surface area contributed by atoms with Gasteiger partial charge < -0.3 is 4.74 Å². The van der Waals surface area contributed by atoms with Crippen molar-refractivity contribution in [1.29, 1.82) is 0 Å². The van der Waals surface area contributed by atoms with Crippen LogP contribution in [0.1, 0.15) is 19.5 Å². The second-order valence-corrected chi connectivity index (χ2v) is 5.35. The molecule has 1 aromatic carbocycles. The Bertz CT molecular complexity index is 574. The molecule has 0 bridgehead atoms. The minimum atomic E-state index is 0.0651. The van der Waals surface area contributed by atoms with E-state index in [2.05, 4.69) is 54.9 Å². The van der Waals surface area contributed by atoms with Crippen molar-refractivity contribution in [2.75, 3.05) is 7.11 Å². The number of ether oxygens (including phenoxy) is 1. The zero-order valence-corrected chi connectivity index (χ0v) is 10.6. The van der Waals surface area contributed by atoms with E-state index in [9.17, 15) is 0 Å². The van der Waals surface area contributed by atoms with Gasteiger partial charge in [-0.1, -0.05) is 18.2 Å². The average Bonchev–Trinajstić information content (AvgIpc) is 2.61. The van der Waals surface area contributed by atoms with Gasteiger partial charge in [-0.2, -0.15) is 4.57 Å². The lowest BCUT2D eigenvalue weighted by atomic mass is 9.83. The van der Waals surface area contributed by atoms with Gasteiger partial charge in [0.1, 0.15) is 6.10 Å². The first-order valence-electron chi connectivity index (χ1n) is 6.09. The number of nitrogens with zero attached hydrogens (tertiary/aromatic N) is 1. The van der Waals surface area contributed by atoms with Crippen molar-refractivity contribution in [1.82, 2.24) is 0 Å². The van der Waals surface area contributed by atoms with Crippen LogP contribution in [0.2, 0.25) is 0 Å². The fourth-order valence-electron chi connectivity index (χ4n) is 3.06. The van der Waals surface area contributed by atoms with Crippen molar-refractivity contribution in [3.05, 3.63) is 42.2 Å². The van der Waals surface area contributed by atoms with E-state index >= 15 is 0 Å². The molecular weight excluding hydrogens is 210 g/mol. The Kier molecular flexibility index (Phi) is 2.23. The van der Waals surface area contributed by atoms with E-state index in [1.807, 2.05) is 0 Å². The Balaban J connectivity index is 2.32. The van der Waals surface area contributed by atoms with Crippen LogP contribution >= 0.6 is 0 Å². The molecule has 0 radical (unpaired) electrons. The Morgan fingerprint density at radius 1 is 1.24 bits per heavy atom. The lowest BCUT2D eigenvalue weighted by molar-refractivity contribution is -0.694. The molecule has 0 N–H and O–H groups in total. The molecular formula is C15H18NO+. The third kappa shape index (κ3) is 1.40. The Labute approximate surface area is 102 Å². The molecule has 2 heterocycles. The van der Waals surface area contributed by atoms with Crippen molar-refractivity contribution < 1.29 is 9.30 Å². The summed E-state index contributed by atoms with van der Waals surface area (Å²) in [4.78, 5) is 0. The van der Waals surface area contributed by atoms with Crippen molar-refractivity contribution in [3.63, 3.8) is 0 Å². The highest BCUT2D eigenvalue weighted by Crippen LogP contribution is 2.35. The molecule has 0 amide bonds. The third-order valence-electron chi connectivity index (χ3n) is 4.00. The molecule has 17 heavy (non-hydrogen) atoms. The molecule has 0 spiro atoms. The van der Waals surface area contributed by atoms with E-state index in [1.165, 1.54) is 16.5 Å². The predicted molar refractivity (Wildman–Crippen MR) is 68.0 cm³/mol. The van der Waals surface area contributed by atoms with Gasteiger partial charge in [-0.3, -0.25) is 0 Å². The summed E-state index contributed by atoms with van der Waals surface area (Å²) in [5, 5.41) is 2.66. The zero-order valence-electron chi connectivity index (χ0n) is 10.6. The second kappa shape index (κ2) is 3.54. The summed E-state index contributed by atoms with van der Waals surface area (Å²) in [6, 6.07) is 10.8. The molecule has 1 unspecified atom stereocenters. The van der Waals surface area contributed by atoms with Crippen LogP contribution in [0.3, 0.4) is 0 Å². The summed E-state index contributed by atoms with van der Waals surface area (Å²) < 4.78 is 7.97. The van der Waals surface area contributed by atoms with Gasteiger partial charge in [0.2, 0.25) is 0 Å². The summed E-state index contributed by atoms with van der Waals surface area (Å²) in [5.41, 5.74) is 1.46. The van der Waals surface area contributed by atoms with Gasteiger partial charge in [0, 0.05) is 18.6 Å². The number of hydrogen-bond donors (Lipinski definition) is 0. The molecule has 2 heteroatoms. The van der Waals surface area contributed by atoms with Crippen LogP contribution in [0.25, 0.3) is 10.8 Å². The number of methoxy groups -OCH3 is 1. The number of benzene rings is 1. The molecule has 88 valence electrons. The number of rotatable bonds is 1. The van der Waals surface area contributed by atoms with Crippen molar-refractivity contribution >= 4 is 10.8 Å². The lowest BCUT2D eigenvalue weighted by Crippen LogP contribution is -2.35. The minimum Gasteiger partial charge on any atom is -0.374 e. The van der Waals surface area contributed by atoms with Gasteiger partial charge in [0.25, 0.3) is 0 Å². The third-order valence-corrected chi connectivity index (χ3v) is 4.00. The van der Waals surface area contributed by atoms with Crippen LogP contribution in [0.4, 0.5) is 0 Å². The molecule has 1 aromatic heterocycles. The maximum Gasteiger partial charge on any atom is 0.197 e. The first kappa shape index (κ1) is 10.7. The fraction of sp³-hybridized carbons (Fsp3) is 0.400. The average molecular weight is 228 g/mol. The van der Waals surface area contributed by atoms with E-state index in [0.717, 1.165) is 6.54 Å². The van der Waals surface area contributed by atoms with Gasteiger partial charge in [-0.05, 0) is 25.3 Å². The van der Waals surface area contributed by atoms with E-state index < -0.39 is 0 Å². The highest BCUT2D eigenvalue weighted by molar-refractivity contribution is 5.84. The largest absolute Gasteiger partial charge is 0.374 e. The summed E-state index contributed by atoms with van der Waals surface area (Å²) in [7, 11) is 1.81. The monoisotopic (exact) mass is 228 g/mol. The quantitative estimate of drug-likeness (QED) is 0.683. The SMILES string of the molecule is COC1C[n+]2ccc3ccccc3c2C1(C)C. The molecule has 0 saturated carbocycles. The Morgan fingerprint density at radius 2 is 2.00 bits per heavy atom. The maximum atomic E-state index is 5.64. The molecule has 1 aliphatic rings. The normalized spacial score (nSPS) is 21.7. The van der Waals surface area contributed by atoms with Crippen LogP contribution in [-0.2, 0) is 16.7 Å². The van der Waals surface area contributed by atoms with Gasteiger partial charge in [0.05, 0.1) is 5.41 Å². The topological polar surface area (TPSA) is 13.1 Å². The van der Waals surface area contributed by atoms with Gasteiger partial charge in [0.15, 0.2) is 18.4 Å². The summed E-state index contributed by atoms with van der Waals surface area (Å²) in [5.74, 6) is 0. The molecule has 2 nitrogen and oxygen atoms in total. The minimum absolute atomic E-state index is 0.0651. The second-order valence-electron chi connectivity index (χ2n) is 5.35. The van der Waals surface area contributed by atoms with Crippen molar-refractivity contribution in [2.45, 2.75) is 31.9 Å². The fourth-order valence-corrected chi connectivity index (χ4v) is 3.06. The van der Waals surface area contributed by atoms with Crippen LogP contribution in [-0.4, -0.2) is 13.2 Å². The van der Waals surface area contributed by atoms with Crippen LogP contribution in [0.5, 0.6) is 0 Å². The number of hydrogen-bond acceptors (Lipinski definition) is 1. The van der Waals surface area contributed by atoms with Crippen molar-refractivity contribution in [3.8, 4) is 0 Å². The summed E-state index contributed by atoms with van der Waals surface area (Å²) in [6.07, 6.45) is 2.44. The van der Waals surface area contributed by atoms with E-state index in [0.29, 0.717) is 0 Å². The Hall–Kier alpha value is -1.41. The molecule has 1 atom stereocenters. The van der Waals surface area contributed by atoms with Gasteiger partial charge in [-0.25, -0.2) is 0 Å². The molecule has 1 aliphatic heterocycles. The maximum absolute atomic E-state index is 5.64. The van der Waals surface area contributed by atoms with E-state index in [1.54, 1.807) is 7.11 Å². The molecule has 2 aromatic rings. The van der Waals surface area contributed by atoms with E-state index in [-0.39, 0.29) is 11.5 Å². The highest BCUT2D eigenvalue weighted by atomic mass is 16.5. The summed E-state index contributed by atoms with van der Waals surface area (Å²) >= 11 is 0. The molecule has 0 saturated heterocycles. The van der Waals surface area contributed by atoms with Crippen LogP contribution in [0, 0.1) is 0 Å². The Morgan fingerprint density at radius 3 is 2.76 bits per heavy atom. The number of fused-ring (bicyclic) bond motifs is 3. The standard InChI is InChI=1S/C15H18NO/c1-15(2)13(17-3)10-16-9-8-11-6-4-5-7-12(11)14(15)16/h4-9,13H,10H2,1-3H3/q+1. The summed E-state index contributed by atoms with van der Waals surface area (Å²) in [6.45, 7) is 5.49. The van der Waals surface area contributed by atoms with Gasteiger partial charge in [-0.15, -0.1) is 0 Å². The van der Waals surface area contributed by atoms with E-state index in [4.69, 9.17) is 4.74 Å². The first-order chi connectivity index (χ1) is 8.14. The van der Waals surface area contributed by atoms with Gasteiger partial charge >= 0.3 is 0 Å². The number of pyridine rings is 1. The molecule has 3 rings (SSSR count). The lowest BCUT2D eigenvalue weighted by Gasteiger charge is -2.21. The van der Waals surface area contributed by atoms with Crippen LogP contribution < -0.4 is 4.57 Å². The van der Waals surface area contributed by atoms with Crippen molar-refractivity contribution in [2.24, 2.45) is 0 Å². The molecule has 0 aliphatic carbocycles.